The van der Waals surface area contributed by atoms with Gasteiger partial charge >= 0.3 is 0 Å². The molecular weight excluding hydrogens is 915 g/mol. The van der Waals surface area contributed by atoms with Gasteiger partial charge in [0.05, 0.1) is 30.5 Å². The van der Waals surface area contributed by atoms with Gasteiger partial charge in [-0.25, -0.2) is 0 Å². The Bertz CT molecular complexity index is 3060. The number of hydrogen-bond acceptors (Lipinski definition) is 3. The third kappa shape index (κ3) is 8.40. The molecule has 0 aliphatic carbocycles. The van der Waals surface area contributed by atoms with E-state index in [1.165, 1.54) is 27.9 Å². The normalized spacial score (nSPS) is 13.2. The molecule has 0 N–H and O–H groups in total. The van der Waals surface area contributed by atoms with Crippen LogP contribution in [0.3, 0.4) is 0 Å². The molecule has 0 atom stereocenters. The minimum absolute atomic E-state index is 0. The molecule has 9 aromatic rings. The average molecular weight is 970 g/mol. The maximum absolute atomic E-state index is 8.48. The number of benzene rings is 6. The standard InChI is InChI=1S/C35H27N2O.C18H24NSi.Ir/c1-35(2,3)24-20-21-30(28(22-24)23-12-5-4-6-13-23)37-31-18-9-8-17-29(31)36-34(37)27-16-11-15-26-25-14-7-10-19-32(25)38-33(26)27;1-13(2)16-11-17(15-9-7-14(3)8-10-15)19-12-18(16)20(4,5)6;/h4-15,17-22H,1-3H3;7-9,11-13H,1-6H3;/q2*-1;/i;3D3,13D;. The summed E-state index contributed by atoms with van der Waals surface area (Å²) < 4.78 is 39.5. The predicted octanol–water partition coefficient (Wildman–Crippen LogP) is 13.9. The molecule has 0 aliphatic rings. The van der Waals surface area contributed by atoms with E-state index in [9.17, 15) is 0 Å². The minimum atomic E-state index is -2.13. The third-order valence-electron chi connectivity index (χ3n) is 10.7. The maximum atomic E-state index is 8.48. The van der Waals surface area contributed by atoms with E-state index in [1.807, 2.05) is 56.4 Å². The topological polar surface area (TPSA) is 43.9 Å². The summed E-state index contributed by atoms with van der Waals surface area (Å²) in [5.41, 5.74) is 12.0. The van der Waals surface area contributed by atoms with Crippen molar-refractivity contribution < 1.29 is 30.0 Å². The van der Waals surface area contributed by atoms with Crippen LogP contribution in [0, 0.1) is 19.0 Å². The number of hydrogen-bond donors (Lipinski definition) is 0. The zero-order valence-corrected chi connectivity index (χ0v) is 38.3. The first kappa shape index (κ1) is 36.7. The Kier molecular flexibility index (Phi) is 10.4. The summed E-state index contributed by atoms with van der Waals surface area (Å²) in [6.45, 7) is 15.2. The van der Waals surface area contributed by atoms with Crippen molar-refractivity contribution in [3.8, 4) is 39.5 Å². The van der Waals surface area contributed by atoms with E-state index in [0.717, 1.165) is 66.9 Å². The summed E-state index contributed by atoms with van der Waals surface area (Å²) in [6.07, 6.45) is 1.89. The number of aromatic nitrogens is 3. The molecule has 0 saturated heterocycles. The van der Waals surface area contributed by atoms with Crippen LogP contribution < -0.4 is 5.19 Å². The van der Waals surface area contributed by atoms with Gasteiger partial charge in [0.1, 0.15) is 5.58 Å². The molecule has 1 radical (unpaired) electrons. The van der Waals surface area contributed by atoms with Crippen LogP contribution in [0.15, 0.2) is 144 Å². The Morgan fingerprint density at radius 3 is 2.27 bits per heavy atom. The van der Waals surface area contributed by atoms with Crippen molar-refractivity contribution in [3.63, 3.8) is 0 Å². The average Bonchev–Trinajstić information content (AvgIpc) is 3.82. The van der Waals surface area contributed by atoms with Crippen molar-refractivity contribution in [1.29, 1.82) is 0 Å². The second-order valence-electron chi connectivity index (χ2n) is 17.2. The molecule has 9 rings (SSSR count). The third-order valence-corrected chi connectivity index (χ3v) is 12.7. The van der Waals surface area contributed by atoms with Crippen molar-refractivity contribution in [2.75, 3.05) is 0 Å². The SMILES string of the molecule is CC(C)(C)c1ccc(-n2c(-c3[c-]ccc4c3oc3ccccc34)nc3ccccc32)c(-c2ccccc2)c1.[2H]C([2H])([2H])c1c[c-]c(-c2cc(C([2H])(C)C)c([Si](C)(C)C)cn2)cc1.[Ir]. The summed E-state index contributed by atoms with van der Waals surface area (Å²) in [4.78, 5) is 9.72. The largest absolute Gasteiger partial charge is 0.501 e. The van der Waals surface area contributed by atoms with Gasteiger partial charge in [-0.1, -0.05) is 150 Å². The van der Waals surface area contributed by atoms with Crippen molar-refractivity contribution in [1.82, 2.24) is 14.5 Å². The zero-order valence-electron chi connectivity index (χ0n) is 38.9. The van der Waals surface area contributed by atoms with Crippen LogP contribution in [0.5, 0.6) is 0 Å². The van der Waals surface area contributed by atoms with Gasteiger partial charge in [0.15, 0.2) is 0 Å². The van der Waals surface area contributed by atoms with Crippen molar-refractivity contribution in [3.05, 3.63) is 168 Å². The van der Waals surface area contributed by atoms with Gasteiger partial charge in [-0.05, 0) is 63.6 Å². The fraction of sp³-hybridized carbons (Fsp3) is 0.208. The summed E-state index contributed by atoms with van der Waals surface area (Å²) >= 11 is 0. The predicted molar refractivity (Wildman–Crippen MR) is 247 cm³/mol. The molecule has 0 aliphatic heterocycles. The molecule has 0 spiro atoms. The van der Waals surface area contributed by atoms with E-state index >= 15 is 0 Å². The number of nitrogens with zero attached hydrogens (tertiary/aromatic N) is 3. The molecule has 0 fully saturated rings. The number of para-hydroxylation sites is 3. The molecular formula is C53H51IrN3OSi-2. The molecule has 6 heteroatoms. The Balaban J connectivity index is 0.000000207. The molecule has 0 amide bonds. The smallest absolute Gasteiger partial charge is 0.120 e. The molecule has 59 heavy (non-hydrogen) atoms. The second-order valence-corrected chi connectivity index (χ2v) is 22.2. The summed E-state index contributed by atoms with van der Waals surface area (Å²) in [5, 5.41) is 3.35. The van der Waals surface area contributed by atoms with Crippen LogP contribution in [0.4, 0.5) is 0 Å². The van der Waals surface area contributed by atoms with Crippen LogP contribution in [0.2, 0.25) is 19.6 Å². The Hall–Kier alpha value is -5.39. The van der Waals surface area contributed by atoms with Crippen molar-refractivity contribution >= 4 is 46.2 Å². The number of fused-ring (bicyclic) bond motifs is 4. The number of pyridine rings is 1. The number of imidazole rings is 1. The summed E-state index contributed by atoms with van der Waals surface area (Å²) in [7, 11) is -1.61. The number of rotatable bonds is 6. The van der Waals surface area contributed by atoms with Crippen molar-refractivity contribution in [2.45, 2.75) is 72.4 Å². The first-order valence-electron chi connectivity index (χ1n) is 21.8. The Morgan fingerprint density at radius 1 is 0.814 bits per heavy atom. The van der Waals surface area contributed by atoms with E-state index in [0.29, 0.717) is 0 Å². The van der Waals surface area contributed by atoms with E-state index < -0.39 is 20.8 Å². The van der Waals surface area contributed by atoms with Gasteiger partial charge in [-0.2, -0.15) is 0 Å². The molecule has 4 nitrogen and oxygen atoms in total. The molecule has 299 valence electrons. The van der Waals surface area contributed by atoms with Crippen LogP contribution in [0.25, 0.3) is 72.4 Å². The quantitative estimate of drug-likeness (QED) is 0.123. The first-order chi connectivity index (χ1) is 29.3. The van der Waals surface area contributed by atoms with Gasteiger partial charge < -0.3 is 14.0 Å². The fourth-order valence-electron chi connectivity index (χ4n) is 7.54. The van der Waals surface area contributed by atoms with E-state index in [1.54, 1.807) is 12.1 Å². The molecule has 3 aromatic heterocycles. The second kappa shape index (κ2) is 16.7. The number of aryl methyl sites for hydroxylation is 1. The van der Waals surface area contributed by atoms with Gasteiger partial charge in [0.2, 0.25) is 0 Å². The molecule has 0 saturated carbocycles. The monoisotopic (exact) mass is 970 g/mol. The van der Waals surface area contributed by atoms with Gasteiger partial charge in [-0.15, -0.1) is 53.6 Å². The minimum Gasteiger partial charge on any atom is -0.501 e. The maximum Gasteiger partial charge on any atom is 0.120 e. The van der Waals surface area contributed by atoms with Crippen LogP contribution in [-0.2, 0) is 25.5 Å². The number of furan rings is 1. The van der Waals surface area contributed by atoms with Crippen molar-refractivity contribution in [2.24, 2.45) is 0 Å². The Labute approximate surface area is 369 Å². The van der Waals surface area contributed by atoms with Gasteiger partial charge in [0.25, 0.3) is 0 Å². The van der Waals surface area contributed by atoms with E-state index in [2.05, 4.69) is 141 Å². The molecule has 6 aromatic carbocycles. The van der Waals surface area contributed by atoms with E-state index in [4.69, 9.17) is 14.9 Å². The fourth-order valence-corrected chi connectivity index (χ4v) is 9.12. The zero-order chi connectivity index (χ0) is 44.2. The summed E-state index contributed by atoms with van der Waals surface area (Å²) in [5.74, 6) is 0.0999. The van der Waals surface area contributed by atoms with Crippen LogP contribution in [-0.4, -0.2) is 22.6 Å². The molecule has 0 bridgehead atoms. The van der Waals surface area contributed by atoms with Gasteiger partial charge in [-0.3, -0.25) is 4.98 Å². The first-order valence-corrected chi connectivity index (χ1v) is 23.3. The van der Waals surface area contributed by atoms with Gasteiger partial charge in [0, 0.05) is 48.4 Å². The Morgan fingerprint density at radius 2 is 1.56 bits per heavy atom. The van der Waals surface area contributed by atoms with E-state index in [-0.39, 0.29) is 31.1 Å². The molecule has 3 heterocycles. The van der Waals surface area contributed by atoms with Crippen LogP contribution in [0.1, 0.15) is 62.7 Å². The summed E-state index contributed by atoms with van der Waals surface area (Å²) in [6, 6.07) is 51.2. The van der Waals surface area contributed by atoms with Crippen LogP contribution >= 0.6 is 0 Å². The molecule has 0 unspecified atom stereocenters.